The first kappa shape index (κ1) is 11.9. The van der Waals surface area contributed by atoms with E-state index in [0.717, 1.165) is 0 Å². The maximum Gasteiger partial charge on any atom is 0.320 e. The first-order valence-corrected chi connectivity index (χ1v) is 4.81. The zero-order valence-electron chi connectivity index (χ0n) is 7.91. The van der Waals surface area contributed by atoms with Gasteiger partial charge < -0.3 is 10.8 Å². The first-order chi connectivity index (χ1) is 7.02. The molecular weight excluding hydrogens is 221 g/mol. The van der Waals surface area contributed by atoms with Gasteiger partial charge in [-0.25, -0.2) is 4.39 Å². The molecule has 0 radical (unpaired) electrons. The van der Waals surface area contributed by atoms with Gasteiger partial charge in [-0.05, 0) is 25.0 Å². The number of carboxylic acids is 1. The minimum absolute atomic E-state index is 0.163. The van der Waals surface area contributed by atoms with Gasteiger partial charge in [-0.2, -0.15) is 0 Å². The van der Waals surface area contributed by atoms with Gasteiger partial charge in [0.25, 0.3) is 0 Å². The average Bonchev–Trinajstić information content (AvgIpc) is 2.16. The van der Waals surface area contributed by atoms with Crippen LogP contribution in [0.4, 0.5) is 4.39 Å². The summed E-state index contributed by atoms with van der Waals surface area (Å²) in [4.78, 5) is 10.4. The van der Waals surface area contributed by atoms with Crippen LogP contribution in [0.25, 0.3) is 0 Å². The molecule has 82 valence electrons. The molecule has 0 fully saturated rings. The van der Waals surface area contributed by atoms with Gasteiger partial charge in [0, 0.05) is 10.6 Å². The van der Waals surface area contributed by atoms with Gasteiger partial charge in [-0.3, -0.25) is 4.79 Å². The number of hydrogen-bond acceptors (Lipinski definition) is 2. The Hall–Kier alpha value is -1.13. The second kappa shape index (κ2) is 5.09. The zero-order valence-corrected chi connectivity index (χ0v) is 8.67. The topological polar surface area (TPSA) is 63.3 Å². The summed E-state index contributed by atoms with van der Waals surface area (Å²) >= 11 is 5.76. The van der Waals surface area contributed by atoms with E-state index in [1.165, 1.54) is 12.1 Å². The number of carboxylic acid groups (broad SMARTS) is 1. The van der Waals surface area contributed by atoms with E-state index in [2.05, 4.69) is 0 Å². The van der Waals surface area contributed by atoms with Gasteiger partial charge in [-0.1, -0.05) is 17.7 Å². The van der Waals surface area contributed by atoms with Crippen LogP contribution in [0, 0.1) is 5.82 Å². The molecule has 0 aliphatic rings. The van der Waals surface area contributed by atoms with Crippen molar-refractivity contribution in [2.75, 3.05) is 0 Å². The summed E-state index contributed by atoms with van der Waals surface area (Å²) in [5.74, 6) is -1.53. The van der Waals surface area contributed by atoms with Crippen LogP contribution < -0.4 is 5.73 Å². The number of rotatable bonds is 4. The fourth-order valence-corrected chi connectivity index (χ4v) is 1.45. The fourth-order valence-electron chi connectivity index (χ4n) is 1.19. The molecule has 0 aliphatic carbocycles. The zero-order chi connectivity index (χ0) is 11.4. The molecule has 1 atom stereocenters. The van der Waals surface area contributed by atoms with Crippen LogP contribution in [0.2, 0.25) is 5.02 Å². The van der Waals surface area contributed by atoms with Crippen molar-refractivity contribution >= 4 is 17.6 Å². The number of aliphatic carboxylic acids is 1. The third-order valence-electron chi connectivity index (χ3n) is 2.08. The van der Waals surface area contributed by atoms with Crippen molar-refractivity contribution in [1.82, 2.24) is 0 Å². The monoisotopic (exact) mass is 231 g/mol. The van der Waals surface area contributed by atoms with Crippen molar-refractivity contribution in [3.63, 3.8) is 0 Å². The van der Waals surface area contributed by atoms with E-state index in [0.29, 0.717) is 10.6 Å². The predicted octanol–water partition coefficient (Wildman–Crippen LogP) is 1.82. The Labute approximate surface area is 91.7 Å². The summed E-state index contributed by atoms with van der Waals surface area (Å²) in [6.45, 7) is 0. The Balaban J connectivity index is 2.69. The summed E-state index contributed by atoms with van der Waals surface area (Å²) in [7, 11) is 0. The third-order valence-corrected chi connectivity index (χ3v) is 2.44. The van der Waals surface area contributed by atoms with Crippen LogP contribution in [0.5, 0.6) is 0 Å². The van der Waals surface area contributed by atoms with Crippen LogP contribution in [-0.2, 0) is 11.2 Å². The predicted molar refractivity (Wildman–Crippen MR) is 55.3 cm³/mol. The minimum Gasteiger partial charge on any atom is -0.480 e. The van der Waals surface area contributed by atoms with Crippen molar-refractivity contribution in [3.05, 3.63) is 34.6 Å². The van der Waals surface area contributed by atoms with Gasteiger partial charge in [-0.15, -0.1) is 0 Å². The Morgan fingerprint density at radius 2 is 2.27 bits per heavy atom. The van der Waals surface area contributed by atoms with Crippen LogP contribution in [-0.4, -0.2) is 17.1 Å². The van der Waals surface area contributed by atoms with E-state index < -0.39 is 17.8 Å². The molecule has 0 amide bonds. The standard InChI is InChI=1S/C10H11ClFNO2/c11-7-2-1-3-8(12)6(7)4-5-9(13)10(14)15/h1-3,9H,4-5,13H2,(H,14,15). The number of benzene rings is 1. The molecule has 0 aromatic heterocycles. The minimum atomic E-state index is -1.09. The SMILES string of the molecule is NC(CCc1c(F)cccc1Cl)C(=O)O. The summed E-state index contributed by atoms with van der Waals surface area (Å²) < 4.78 is 13.2. The van der Waals surface area contributed by atoms with E-state index in [1.807, 2.05) is 0 Å². The normalized spacial score (nSPS) is 12.5. The molecule has 3 nitrogen and oxygen atoms in total. The first-order valence-electron chi connectivity index (χ1n) is 4.43. The van der Waals surface area contributed by atoms with Gasteiger partial charge in [0.05, 0.1) is 0 Å². The quantitative estimate of drug-likeness (QED) is 0.831. The Bertz CT molecular complexity index is 350. The van der Waals surface area contributed by atoms with Crippen molar-refractivity contribution < 1.29 is 14.3 Å². The molecule has 1 aromatic carbocycles. The van der Waals surface area contributed by atoms with Gasteiger partial charge in [0.15, 0.2) is 0 Å². The fraction of sp³-hybridized carbons (Fsp3) is 0.300. The Kier molecular flexibility index (Phi) is 4.05. The molecule has 0 bridgehead atoms. The Morgan fingerprint density at radius 3 is 2.80 bits per heavy atom. The highest BCUT2D eigenvalue weighted by atomic mass is 35.5. The van der Waals surface area contributed by atoms with E-state index >= 15 is 0 Å². The van der Waals surface area contributed by atoms with E-state index in [-0.39, 0.29) is 12.8 Å². The maximum absolute atomic E-state index is 13.2. The maximum atomic E-state index is 13.2. The molecular formula is C10H11ClFNO2. The summed E-state index contributed by atoms with van der Waals surface area (Å²) in [6.07, 6.45) is 0.384. The number of nitrogens with two attached hydrogens (primary N) is 1. The lowest BCUT2D eigenvalue weighted by Crippen LogP contribution is -2.30. The molecule has 5 heteroatoms. The second-order valence-electron chi connectivity index (χ2n) is 3.18. The molecule has 0 saturated heterocycles. The molecule has 0 aliphatic heterocycles. The number of carbonyl (C=O) groups is 1. The van der Waals surface area contributed by atoms with E-state index in [9.17, 15) is 9.18 Å². The molecule has 0 saturated carbocycles. The molecule has 3 N–H and O–H groups in total. The molecule has 1 unspecified atom stereocenters. The van der Waals surface area contributed by atoms with Crippen LogP contribution in [0.3, 0.4) is 0 Å². The Morgan fingerprint density at radius 1 is 1.60 bits per heavy atom. The van der Waals surface area contributed by atoms with Crippen molar-refractivity contribution in [2.45, 2.75) is 18.9 Å². The lowest BCUT2D eigenvalue weighted by molar-refractivity contribution is -0.138. The lowest BCUT2D eigenvalue weighted by atomic mass is 10.1. The van der Waals surface area contributed by atoms with Crippen LogP contribution in [0.15, 0.2) is 18.2 Å². The van der Waals surface area contributed by atoms with Crippen LogP contribution in [0.1, 0.15) is 12.0 Å². The van der Waals surface area contributed by atoms with Gasteiger partial charge in [0.2, 0.25) is 0 Å². The lowest BCUT2D eigenvalue weighted by Gasteiger charge is -2.08. The summed E-state index contributed by atoms with van der Waals surface area (Å²) in [6, 6.07) is 3.36. The van der Waals surface area contributed by atoms with Gasteiger partial charge in [0.1, 0.15) is 11.9 Å². The van der Waals surface area contributed by atoms with Crippen LogP contribution >= 0.6 is 11.6 Å². The molecule has 1 rings (SSSR count). The largest absolute Gasteiger partial charge is 0.480 e. The number of halogens is 2. The average molecular weight is 232 g/mol. The molecule has 1 aromatic rings. The molecule has 0 spiro atoms. The molecule has 15 heavy (non-hydrogen) atoms. The summed E-state index contributed by atoms with van der Waals surface area (Å²) in [5, 5.41) is 8.85. The van der Waals surface area contributed by atoms with Crippen molar-refractivity contribution in [3.8, 4) is 0 Å². The highest BCUT2D eigenvalue weighted by Gasteiger charge is 2.14. The highest BCUT2D eigenvalue weighted by Crippen LogP contribution is 2.20. The van der Waals surface area contributed by atoms with E-state index in [1.54, 1.807) is 6.07 Å². The highest BCUT2D eigenvalue weighted by molar-refractivity contribution is 6.31. The second-order valence-corrected chi connectivity index (χ2v) is 3.59. The number of hydrogen-bond donors (Lipinski definition) is 2. The van der Waals surface area contributed by atoms with Crippen molar-refractivity contribution in [2.24, 2.45) is 5.73 Å². The summed E-state index contributed by atoms with van der Waals surface area (Å²) in [5.41, 5.74) is 5.62. The van der Waals surface area contributed by atoms with Gasteiger partial charge >= 0.3 is 5.97 Å². The van der Waals surface area contributed by atoms with E-state index in [4.69, 9.17) is 22.4 Å². The smallest absolute Gasteiger partial charge is 0.320 e. The molecule has 0 heterocycles. The third kappa shape index (κ3) is 3.18. The van der Waals surface area contributed by atoms with Crippen molar-refractivity contribution in [1.29, 1.82) is 0 Å².